The van der Waals surface area contributed by atoms with E-state index in [4.69, 9.17) is 10.7 Å². The highest BCUT2D eigenvalue weighted by molar-refractivity contribution is 7.21. The highest BCUT2D eigenvalue weighted by atomic mass is 32.1. The smallest absolute Gasteiger partial charge is 0.267 e. The average molecular weight is 456 g/mol. The second kappa shape index (κ2) is 7.73. The van der Waals surface area contributed by atoms with Gasteiger partial charge in [-0.25, -0.2) is 4.98 Å². The van der Waals surface area contributed by atoms with Crippen LogP contribution in [0.1, 0.15) is 33.8 Å². The summed E-state index contributed by atoms with van der Waals surface area (Å²) in [5.74, 6) is -0.183. The van der Waals surface area contributed by atoms with Gasteiger partial charge >= 0.3 is 0 Å². The summed E-state index contributed by atoms with van der Waals surface area (Å²) in [7, 11) is 0. The second-order valence-corrected chi connectivity index (χ2v) is 10.0. The van der Waals surface area contributed by atoms with Gasteiger partial charge in [-0.05, 0) is 54.1 Å². The van der Waals surface area contributed by atoms with E-state index in [1.807, 2.05) is 42.5 Å². The van der Waals surface area contributed by atoms with Crippen molar-refractivity contribution < 1.29 is 4.79 Å². The third-order valence-electron chi connectivity index (χ3n) is 6.17. The molecule has 0 aliphatic heterocycles. The Morgan fingerprint density at radius 2 is 1.84 bits per heavy atom. The van der Waals surface area contributed by atoms with Gasteiger partial charge in [-0.3, -0.25) is 4.79 Å². The quantitative estimate of drug-likeness (QED) is 0.311. The molecule has 1 aliphatic rings. The number of anilines is 2. The Morgan fingerprint density at radius 3 is 2.72 bits per heavy atom. The lowest BCUT2D eigenvalue weighted by Crippen LogP contribution is -2.12. The third-order valence-corrected chi connectivity index (χ3v) is 8.15. The number of hydrogen-bond acceptors (Lipinski definition) is 5. The summed E-state index contributed by atoms with van der Waals surface area (Å²) in [5, 5.41) is 8.21. The van der Waals surface area contributed by atoms with Crippen LogP contribution in [0.4, 0.5) is 11.4 Å². The van der Waals surface area contributed by atoms with E-state index in [1.54, 1.807) is 11.3 Å². The Hall–Kier alpha value is -3.22. The molecule has 1 aliphatic carbocycles. The number of pyridine rings is 1. The minimum absolute atomic E-state index is 0.183. The molecule has 0 bridgehead atoms. The number of nitrogens with zero attached hydrogens (tertiary/aromatic N) is 1. The van der Waals surface area contributed by atoms with Gasteiger partial charge in [-0.2, -0.15) is 0 Å². The number of aryl methyl sites for hydroxylation is 1. The molecule has 1 amide bonds. The van der Waals surface area contributed by atoms with Crippen LogP contribution in [0.25, 0.3) is 31.4 Å². The second-order valence-electron chi connectivity index (χ2n) is 8.10. The van der Waals surface area contributed by atoms with Crippen LogP contribution in [0.2, 0.25) is 0 Å². The molecule has 0 fully saturated rings. The molecule has 0 unspecified atom stereocenters. The van der Waals surface area contributed by atoms with Crippen molar-refractivity contribution >= 4 is 60.9 Å². The minimum Gasteiger partial charge on any atom is -0.397 e. The van der Waals surface area contributed by atoms with E-state index in [-0.39, 0.29) is 5.91 Å². The molecule has 0 radical (unpaired) electrons. The molecule has 0 saturated carbocycles. The van der Waals surface area contributed by atoms with E-state index >= 15 is 0 Å². The number of nitrogen functional groups attached to an aromatic ring is 1. The van der Waals surface area contributed by atoms with Crippen LogP contribution in [-0.2, 0) is 12.8 Å². The van der Waals surface area contributed by atoms with E-state index in [0.29, 0.717) is 10.6 Å². The van der Waals surface area contributed by atoms with Gasteiger partial charge in [-0.1, -0.05) is 42.5 Å². The number of carbonyl (C=O) groups excluding carboxylic acids is 1. The SMILES string of the molecule is Nc1c(C(=O)Nc2cccc3ccccc23)sc2nc3c(c(-c4cccs4)c12)CCCC3. The molecule has 158 valence electrons. The maximum absolute atomic E-state index is 13.4. The third kappa shape index (κ3) is 3.10. The van der Waals surface area contributed by atoms with Crippen molar-refractivity contribution in [2.45, 2.75) is 25.7 Å². The number of nitrogens with one attached hydrogen (secondary N) is 1. The summed E-state index contributed by atoms with van der Waals surface area (Å²) in [5.41, 5.74) is 11.6. The van der Waals surface area contributed by atoms with Crippen LogP contribution in [0, 0.1) is 0 Å². The number of amides is 1. The summed E-state index contributed by atoms with van der Waals surface area (Å²) in [6.07, 6.45) is 4.32. The lowest BCUT2D eigenvalue weighted by molar-refractivity contribution is 0.103. The Labute approximate surface area is 193 Å². The number of fused-ring (bicyclic) bond motifs is 3. The fourth-order valence-electron chi connectivity index (χ4n) is 4.68. The zero-order chi connectivity index (χ0) is 21.7. The first-order valence-electron chi connectivity index (χ1n) is 10.8. The van der Waals surface area contributed by atoms with Gasteiger partial charge in [0.1, 0.15) is 9.71 Å². The predicted molar refractivity (Wildman–Crippen MR) is 136 cm³/mol. The van der Waals surface area contributed by atoms with Crippen LogP contribution in [-0.4, -0.2) is 10.9 Å². The van der Waals surface area contributed by atoms with E-state index in [9.17, 15) is 4.79 Å². The average Bonchev–Trinajstić information content (AvgIpc) is 3.46. The maximum Gasteiger partial charge on any atom is 0.267 e. The van der Waals surface area contributed by atoms with Crippen LogP contribution in [0.5, 0.6) is 0 Å². The Kier molecular flexibility index (Phi) is 4.70. The largest absolute Gasteiger partial charge is 0.397 e. The first kappa shape index (κ1) is 19.5. The fraction of sp³-hybridized carbons (Fsp3) is 0.154. The number of carbonyl (C=O) groups is 1. The topological polar surface area (TPSA) is 68.0 Å². The zero-order valence-electron chi connectivity index (χ0n) is 17.4. The van der Waals surface area contributed by atoms with Crippen molar-refractivity contribution in [3.63, 3.8) is 0 Å². The molecule has 0 atom stereocenters. The van der Waals surface area contributed by atoms with Crippen molar-refractivity contribution in [1.82, 2.24) is 4.98 Å². The van der Waals surface area contributed by atoms with Crippen molar-refractivity contribution in [1.29, 1.82) is 0 Å². The van der Waals surface area contributed by atoms with Crippen molar-refractivity contribution in [3.05, 3.63) is 76.1 Å². The standard InChI is InChI=1S/C26H21N3OS2/c27-23-22-21(20-13-6-14-31-20)17-10-3-4-11-19(17)29-26(22)32-24(23)25(30)28-18-12-5-8-15-7-1-2-9-16(15)18/h1-2,5-9,12-14H,3-4,10-11,27H2,(H,28,30). The van der Waals surface area contributed by atoms with Gasteiger partial charge in [0.2, 0.25) is 0 Å². The van der Waals surface area contributed by atoms with Gasteiger partial charge < -0.3 is 11.1 Å². The summed E-state index contributed by atoms with van der Waals surface area (Å²) in [4.78, 5) is 20.9. The van der Waals surface area contributed by atoms with Crippen molar-refractivity contribution in [2.24, 2.45) is 0 Å². The van der Waals surface area contributed by atoms with Gasteiger partial charge in [0.25, 0.3) is 5.91 Å². The lowest BCUT2D eigenvalue weighted by Gasteiger charge is -2.19. The molecule has 3 heterocycles. The first-order valence-corrected chi connectivity index (χ1v) is 12.5. The lowest BCUT2D eigenvalue weighted by atomic mass is 9.90. The predicted octanol–water partition coefficient (Wildman–Crippen LogP) is 6.89. The number of nitrogens with two attached hydrogens (primary N) is 1. The molecule has 4 nitrogen and oxygen atoms in total. The normalized spacial score (nSPS) is 13.4. The molecule has 3 aromatic heterocycles. The molecule has 0 saturated heterocycles. The summed E-state index contributed by atoms with van der Waals surface area (Å²) in [6.45, 7) is 0. The van der Waals surface area contributed by atoms with E-state index < -0.39 is 0 Å². The molecular formula is C26H21N3OS2. The molecule has 5 aromatic rings. The Bertz CT molecular complexity index is 1480. The summed E-state index contributed by atoms with van der Waals surface area (Å²) in [6, 6.07) is 18.2. The van der Waals surface area contributed by atoms with Gasteiger partial charge in [0.05, 0.1) is 5.69 Å². The number of rotatable bonds is 3. The van der Waals surface area contributed by atoms with E-state index in [2.05, 4.69) is 22.8 Å². The number of aromatic nitrogens is 1. The Balaban J connectivity index is 1.50. The minimum atomic E-state index is -0.183. The van der Waals surface area contributed by atoms with E-state index in [1.165, 1.54) is 27.3 Å². The van der Waals surface area contributed by atoms with Crippen LogP contribution in [0.15, 0.2) is 60.0 Å². The fourth-order valence-corrected chi connectivity index (χ4v) is 6.51. The molecule has 2 aromatic carbocycles. The van der Waals surface area contributed by atoms with E-state index in [0.717, 1.165) is 58.1 Å². The summed E-state index contributed by atoms with van der Waals surface area (Å²) >= 11 is 3.11. The highest BCUT2D eigenvalue weighted by Gasteiger charge is 2.26. The number of benzene rings is 2. The monoisotopic (exact) mass is 455 g/mol. The molecule has 3 N–H and O–H groups in total. The van der Waals surface area contributed by atoms with Gasteiger partial charge in [0, 0.05) is 32.6 Å². The van der Waals surface area contributed by atoms with Crippen LogP contribution >= 0.6 is 22.7 Å². The molecular weight excluding hydrogens is 434 g/mol. The highest BCUT2D eigenvalue weighted by Crippen LogP contribution is 2.45. The van der Waals surface area contributed by atoms with Crippen LogP contribution < -0.4 is 11.1 Å². The maximum atomic E-state index is 13.4. The zero-order valence-corrected chi connectivity index (χ0v) is 19.0. The molecule has 6 rings (SSSR count). The summed E-state index contributed by atoms with van der Waals surface area (Å²) < 4.78 is 0. The molecule has 0 spiro atoms. The van der Waals surface area contributed by atoms with Crippen LogP contribution in [0.3, 0.4) is 0 Å². The van der Waals surface area contributed by atoms with Crippen molar-refractivity contribution in [3.8, 4) is 10.4 Å². The molecule has 32 heavy (non-hydrogen) atoms. The number of hydrogen-bond donors (Lipinski definition) is 2. The van der Waals surface area contributed by atoms with Gasteiger partial charge in [-0.15, -0.1) is 22.7 Å². The van der Waals surface area contributed by atoms with Gasteiger partial charge in [0.15, 0.2) is 0 Å². The Morgan fingerprint density at radius 1 is 1.00 bits per heavy atom. The molecule has 6 heteroatoms. The van der Waals surface area contributed by atoms with Crippen molar-refractivity contribution in [2.75, 3.05) is 11.1 Å². The number of thiophene rings is 2. The first-order chi connectivity index (χ1) is 15.7.